The maximum Gasteiger partial charge on any atom is 0.267 e. The number of carbonyl (C=O) groups excluding carboxylic acids is 1. The molecule has 4 rings (SSSR count). The van der Waals surface area contributed by atoms with Crippen LogP contribution in [0.3, 0.4) is 0 Å². The van der Waals surface area contributed by atoms with Crippen molar-refractivity contribution in [3.8, 4) is 0 Å². The molecule has 158 valence electrons. The van der Waals surface area contributed by atoms with Gasteiger partial charge in [0, 0.05) is 34.4 Å². The van der Waals surface area contributed by atoms with Gasteiger partial charge in [-0.3, -0.25) is 4.79 Å². The summed E-state index contributed by atoms with van der Waals surface area (Å²) in [5.74, 6) is -0.858. The third-order valence-corrected chi connectivity index (χ3v) is 7.03. The average Bonchev–Trinajstić information content (AvgIpc) is 3.27. The molecule has 4 N–H and O–H groups in total. The Morgan fingerprint density at radius 3 is 2.80 bits per heavy atom. The number of aliphatic hydroxyl groups excluding tert-OH is 1. The van der Waals surface area contributed by atoms with Crippen LogP contribution in [0.25, 0.3) is 10.9 Å². The zero-order valence-corrected chi connectivity index (χ0v) is 17.6. The summed E-state index contributed by atoms with van der Waals surface area (Å²) >= 11 is 6.02. The SMILES string of the molecule is O=C(N[C@@H]1Cc2ccccc2[C@H]1CS(=O)(=O)NCCO)c1cc2cc(Cl)ccc2[nH]1. The van der Waals surface area contributed by atoms with Gasteiger partial charge in [0.15, 0.2) is 0 Å². The molecule has 0 fully saturated rings. The van der Waals surface area contributed by atoms with Gasteiger partial charge in [-0.05, 0) is 41.8 Å². The number of amides is 1. The van der Waals surface area contributed by atoms with Gasteiger partial charge in [-0.15, -0.1) is 0 Å². The molecule has 1 aliphatic rings. The number of rotatable bonds is 7. The Morgan fingerprint density at radius 1 is 1.20 bits per heavy atom. The van der Waals surface area contributed by atoms with Crippen LogP contribution in [0.15, 0.2) is 48.5 Å². The third kappa shape index (κ3) is 4.37. The second-order valence-electron chi connectivity index (χ2n) is 7.40. The lowest BCUT2D eigenvalue weighted by atomic mass is 10.0. The molecule has 1 amide bonds. The molecular weight excluding hydrogens is 426 g/mol. The first-order valence-electron chi connectivity index (χ1n) is 9.61. The first-order valence-corrected chi connectivity index (χ1v) is 11.6. The molecule has 7 nitrogen and oxygen atoms in total. The number of carbonyl (C=O) groups is 1. The monoisotopic (exact) mass is 447 g/mol. The lowest BCUT2D eigenvalue weighted by Gasteiger charge is -2.22. The highest BCUT2D eigenvalue weighted by atomic mass is 35.5. The molecule has 1 heterocycles. The van der Waals surface area contributed by atoms with Crippen LogP contribution in [0.4, 0.5) is 0 Å². The van der Waals surface area contributed by atoms with E-state index in [2.05, 4.69) is 15.0 Å². The van der Waals surface area contributed by atoms with Crippen molar-refractivity contribution in [1.82, 2.24) is 15.0 Å². The van der Waals surface area contributed by atoms with E-state index in [1.807, 2.05) is 30.3 Å². The Balaban J connectivity index is 1.57. The second-order valence-corrected chi connectivity index (χ2v) is 9.69. The zero-order chi connectivity index (χ0) is 21.3. The number of aromatic amines is 1. The standard InChI is InChI=1S/C21H22ClN3O4S/c22-15-5-6-18-14(9-15)11-20(24-18)21(27)25-19-10-13-3-1-2-4-16(13)17(19)12-30(28,29)23-7-8-26/h1-6,9,11,17,19,23-24,26H,7-8,10,12H2,(H,25,27)/t17-,19-/m1/s1. The fourth-order valence-electron chi connectivity index (χ4n) is 4.00. The topological polar surface area (TPSA) is 111 Å². The Morgan fingerprint density at radius 2 is 2.00 bits per heavy atom. The molecule has 0 bridgehead atoms. The Labute approximate surface area is 179 Å². The van der Waals surface area contributed by atoms with Gasteiger partial charge in [0.25, 0.3) is 5.91 Å². The summed E-state index contributed by atoms with van der Waals surface area (Å²) in [4.78, 5) is 16.0. The van der Waals surface area contributed by atoms with E-state index in [9.17, 15) is 13.2 Å². The van der Waals surface area contributed by atoms with E-state index in [-0.39, 0.29) is 36.8 Å². The third-order valence-electron chi connectivity index (χ3n) is 5.36. The number of benzene rings is 2. The Hall–Kier alpha value is -2.39. The number of fused-ring (bicyclic) bond motifs is 2. The fraction of sp³-hybridized carbons (Fsp3) is 0.286. The van der Waals surface area contributed by atoms with E-state index >= 15 is 0 Å². The molecule has 2 atom stereocenters. The molecule has 9 heteroatoms. The molecule has 0 saturated carbocycles. The average molecular weight is 448 g/mol. The van der Waals surface area contributed by atoms with E-state index < -0.39 is 10.0 Å². The molecule has 0 saturated heterocycles. The number of hydrogen-bond acceptors (Lipinski definition) is 4. The molecule has 0 radical (unpaired) electrons. The highest BCUT2D eigenvalue weighted by Crippen LogP contribution is 2.34. The summed E-state index contributed by atoms with van der Waals surface area (Å²) in [6.07, 6.45) is 0.550. The number of aromatic nitrogens is 1. The molecule has 1 aromatic heterocycles. The van der Waals surface area contributed by atoms with Crippen LogP contribution < -0.4 is 10.0 Å². The lowest BCUT2D eigenvalue weighted by Crippen LogP contribution is -2.42. The van der Waals surface area contributed by atoms with Gasteiger partial charge in [-0.1, -0.05) is 35.9 Å². The molecule has 0 unspecified atom stereocenters. The van der Waals surface area contributed by atoms with Gasteiger partial charge in [0.05, 0.1) is 12.4 Å². The minimum Gasteiger partial charge on any atom is -0.395 e. The van der Waals surface area contributed by atoms with Gasteiger partial charge < -0.3 is 15.4 Å². The van der Waals surface area contributed by atoms with Gasteiger partial charge in [0.2, 0.25) is 10.0 Å². The lowest BCUT2D eigenvalue weighted by molar-refractivity contribution is 0.0930. The molecule has 0 spiro atoms. The summed E-state index contributed by atoms with van der Waals surface area (Å²) in [5, 5.41) is 13.3. The van der Waals surface area contributed by atoms with Crippen molar-refractivity contribution < 1.29 is 18.3 Å². The van der Waals surface area contributed by atoms with Crippen LogP contribution in [-0.4, -0.2) is 49.4 Å². The van der Waals surface area contributed by atoms with Crippen LogP contribution in [0.5, 0.6) is 0 Å². The van der Waals surface area contributed by atoms with Crippen LogP contribution in [0.1, 0.15) is 27.5 Å². The predicted molar refractivity (Wildman–Crippen MR) is 116 cm³/mol. The zero-order valence-electron chi connectivity index (χ0n) is 16.1. The highest BCUT2D eigenvalue weighted by Gasteiger charge is 2.36. The van der Waals surface area contributed by atoms with Crippen molar-refractivity contribution in [2.75, 3.05) is 18.9 Å². The van der Waals surface area contributed by atoms with Crippen molar-refractivity contribution in [2.24, 2.45) is 0 Å². The van der Waals surface area contributed by atoms with Crippen LogP contribution in [0.2, 0.25) is 5.02 Å². The summed E-state index contributed by atoms with van der Waals surface area (Å²) in [6, 6.07) is 14.3. The number of hydrogen-bond donors (Lipinski definition) is 4. The second kappa shape index (κ2) is 8.39. The largest absolute Gasteiger partial charge is 0.395 e. The quantitative estimate of drug-likeness (QED) is 0.444. The summed E-state index contributed by atoms with van der Waals surface area (Å²) in [7, 11) is -3.61. The van der Waals surface area contributed by atoms with E-state index in [0.29, 0.717) is 17.1 Å². The first-order chi connectivity index (χ1) is 14.4. The molecule has 0 aliphatic heterocycles. The first kappa shape index (κ1) is 20.9. The number of aliphatic hydroxyl groups is 1. The van der Waals surface area contributed by atoms with Crippen molar-refractivity contribution >= 4 is 38.4 Å². The predicted octanol–water partition coefficient (Wildman–Crippen LogP) is 2.17. The minimum atomic E-state index is -3.61. The van der Waals surface area contributed by atoms with Gasteiger partial charge in [-0.25, -0.2) is 13.1 Å². The van der Waals surface area contributed by atoms with Crippen LogP contribution >= 0.6 is 11.6 Å². The molecule has 30 heavy (non-hydrogen) atoms. The number of halogens is 1. The number of H-pyrrole nitrogens is 1. The summed E-state index contributed by atoms with van der Waals surface area (Å²) < 4.78 is 27.3. The Kier molecular flexibility index (Phi) is 5.84. The van der Waals surface area contributed by atoms with E-state index in [0.717, 1.165) is 22.0 Å². The number of sulfonamides is 1. The van der Waals surface area contributed by atoms with Gasteiger partial charge >= 0.3 is 0 Å². The van der Waals surface area contributed by atoms with Crippen molar-refractivity contribution in [3.63, 3.8) is 0 Å². The number of nitrogens with one attached hydrogen (secondary N) is 3. The molecule has 2 aromatic carbocycles. The maximum atomic E-state index is 12.9. The van der Waals surface area contributed by atoms with Crippen LogP contribution in [-0.2, 0) is 16.4 Å². The van der Waals surface area contributed by atoms with Gasteiger partial charge in [-0.2, -0.15) is 0 Å². The normalized spacial score (nSPS) is 18.5. The minimum absolute atomic E-state index is 0.0364. The Bertz CT molecular complexity index is 1190. The van der Waals surface area contributed by atoms with E-state index in [4.69, 9.17) is 16.7 Å². The fourth-order valence-corrected chi connectivity index (χ4v) is 5.59. The summed E-state index contributed by atoms with van der Waals surface area (Å²) in [5.41, 5.74) is 3.13. The highest BCUT2D eigenvalue weighted by molar-refractivity contribution is 7.89. The maximum absolute atomic E-state index is 12.9. The van der Waals surface area contributed by atoms with Gasteiger partial charge in [0.1, 0.15) is 5.69 Å². The molecule has 1 aliphatic carbocycles. The smallest absolute Gasteiger partial charge is 0.267 e. The molecular formula is C21H22ClN3O4S. The van der Waals surface area contributed by atoms with Crippen molar-refractivity contribution in [3.05, 3.63) is 70.4 Å². The van der Waals surface area contributed by atoms with E-state index in [1.54, 1.807) is 18.2 Å². The van der Waals surface area contributed by atoms with Crippen molar-refractivity contribution in [1.29, 1.82) is 0 Å². The van der Waals surface area contributed by atoms with E-state index in [1.165, 1.54) is 0 Å². The van der Waals surface area contributed by atoms with Crippen LogP contribution in [0, 0.1) is 0 Å². The molecule has 3 aromatic rings. The van der Waals surface area contributed by atoms with Crippen molar-refractivity contribution in [2.45, 2.75) is 18.4 Å². The summed E-state index contributed by atoms with van der Waals surface area (Å²) in [6.45, 7) is -0.309.